The fourth-order valence-electron chi connectivity index (χ4n) is 1.62. The molecule has 1 heterocycles. The molecule has 0 saturated heterocycles. The quantitative estimate of drug-likeness (QED) is 0.866. The van der Waals surface area contributed by atoms with Crippen LogP contribution in [0.1, 0.15) is 23.4 Å². The zero-order valence-corrected chi connectivity index (χ0v) is 11.6. The largest absolute Gasteiger partial charge is 0.497 e. The van der Waals surface area contributed by atoms with Crippen LogP contribution in [0, 0.1) is 0 Å². The van der Waals surface area contributed by atoms with E-state index in [1.54, 1.807) is 32.4 Å². The molecule has 0 atom stereocenters. The minimum absolute atomic E-state index is 0.101. The lowest BCUT2D eigenvalue weighted by Crippen LogP contribution is -2.14. The van der Waals surface area contributed by atoms with Crippen molar-refractivity contribution in [2.45, 2.75) is 13.3 Å². The third-order valence-corrected chi connectivity index (χ3v) is 2.68. The molecule has 1 amide bonds. The summed E-state index contributed by atoms with van der Waals surface area (Å²) in [4.78, 5) is 16.1. The molecule has 0 aliphatic heterocycles. The van der Waals surface area contributed by atoms with Crippen LogP contribution in [0.5, 0.6) is 11.5 Å². The van der Waals surface area contributed by atoms with E-state index in [2.05, 4.69) is 20.5 Å². The highest BCUT2D eigenvalue weighted by molar-refractivity contribution is 6.01. The molecule has 1 aromatic heterocycles. The normalized spacial score (nSPS) is 10.2. The van der Waals surface area contributed by atoms with Gasteiger partial charge < -0.3 is 14.8 Å². The van der Waals surface area contributed by atoms with E-state index in [0.29, 0.717) is 29.4 Å². The number of methoxy groups -OCH3 is 2. The molecular weight excluding hydrogens is 260 g/mol. The molecule has 0 aliphatic rings. The van der Waals surface area contributed by atoms with E-state index >= 15 is 0 Å². The van der Waals surface area contributed by atoms with E-state index in [4.69, 9.17) is 9.47 Å². The number of benzene rings is 1. The van der Waals surface area contributed by atoms with Gasteiger partial charge >= 0.3 is 0 Å². The number of nitrogens with one attached hydrogen (secondary N) is 2. The topological polar surface area (TPSA) is 89.1 Å². The van der Waals surface area contributed by atoms with E-state index in [1.807, 2.05) is 6.92 Å². The van der Waals surface area contributed by atoms with E-state index in [0.717, 1.165) is 0 Å². The number of H-pyrrole nitrogens is 1. The summed E-state index contributed by atoms with van der Waals surface area (Å²) < 4.78 is 10.3. The number of rotatable bonds is 5. The standard InChI is InChI=1S/C13H16N4O3/c1-4-11-15-12(17-16-11)13(18)14-8-5-9(19-2)7-10(6-8)20-3/h5-7H,4H2,1-3H3,(H,14,18)(H,15,16,17). The van der Waals surface area contributed by atoms with Gasteiger partial charge in [0.1, 0.15) is 17.3 Å². The zero-order valence-electron chi connectivity index (χ0n) is 11.6. The second-order valence-electron chi connectivity index (χ2n) is 4.01. The lowest BCUT2D eigenvalue weighted by molar-refractivity contribution is 0.101. The van der Waals surface area contributed by atoms with Gasteiger partial charge in [0.25, 0.3) is 5.91 Å². The molecule has 106 valence electrons. The van der Waals surface area contributed by atoms with Crippen LogP contribution in [0.2, 0.25) is 0 Å². The molecule has 0 fully saturated rings. The van der Waals surface area contributed by atoms with Crippen molar-refractivity contribution in [3.63, 3.8) is 0 Å². The van der Waals surface area contributed by atoms with Crippen molar-refractivity contribution in [3.8, 4) is 11.5 Å². The molecular formula is C13H16N4O3. The number of hydrogen-bond acceptors (Lipinski definition) is 5. The molecule has 2 rings (SSSR count). The van der Waals surface area contributed by atoms with Crippen molar-refractivity contribution < 1.29 is 14.3 Å². The Balaban J connectivity index is 2.18. The maximum Gasteiger partial charge on any atom is 0.295 e. The molecule has 7 heteroatoms. The van der Waals surface area contributed by atoms with Crippen molar-refractivity contribution in [3.05, 3.63) is 29.8 Å². The predicted octanol–water partition coefficient (Wildman–Crippen LogP) is 1.64. The number of aromatic nitrogens is 3. The van der Waals surface area contributed by atoms with Crippen LogP contribution in [-0.2, 0) is 6.42 Å². The highest BCUT2D eigenvalue weighted by atomic mass is 16.5. The minimum atomic E-state index is -0.392. The van der Waals surface area contributed by atoms with Gasteiger partial charge in [-0.25, -0.2) is 4.98 Å². The van der Waals surface area contributed by atoms with Gasteiger partial charge in [0.2, 0.25) is 5.82 Å². The van der Waals surface area contributed by atoms with Crippen LogP contribution >= 0.6 is 0 Å². The number of aryl methyl sites for hydroxylation is 1. The first-order valence-electron chi connectivity index (χ1n) is 6.12. The van der Waals surface area contributed by atoms with Crippen LogP contribution in [0.15, 0.2) is 18.2 Å². The number of aromatic amines is 1. The van der Waals surface area contributed by atoms with Crippen LogP contribution < -0.4 is 14.8 Å². The number of anilines is 1. The van der Waals surface area contributed by atoms with Gasteiger partial charge in [-0.2, -0.15) is 0 Å². The number of amides is 1. The van der Waals surface area contributed by atoms with Gasteiger partial charge in [-0.15, -0.1) is 5.10 Å². The first kappa shape index (κ1) is 13.9. The van der Waals surface area contributed by atoms with Gasteiger partial charge in [0, 0.05) is 30.3 Å². The third-order valence-electron chi connectivity index (χ3n) is 2.68. The minimum Gasteiger partial charge on any atom is -0.497 e. The molecule has 0 aliphatic carbocycles. The average molecular weight is 276 g/mol. The average Bonchev–Trinajstić information content (AvgIpc) is 2.95. The second kappa shape index (κ2) is 6.05. The Morgan fingerprint density at radius 1 is 1.25 bits per heavy atom. The Morgan fingerprint density at radius 3 is 2.40 bits per heavy atom. The summed E-state index contributed by atoms with van der Waals surface area (Å²) in [5, 5.41) is 9.25. The number of hydrogen-bond donors (Lipinski definition) is 2. The lowest BCUT2D eigenvalue weighted by Gasteiger charge is -2.08. The zero-order chi connectivity index (χ0) is 14.5. The van der Waals surface area contributed by atoms with Crippen molar-refractivity contribution >= 4 is 11.6 Å². The summed E-state index contributed by atoms with van der Waals surface area (Å²) in [5.41, 5.74) is 0.550. The van der Waals surface area contributed by atoms with Crippen LogP contribution in [0.25, 0.3) is 0 Å². The van der Waals surface area contributed by atoms with Crippen LogP contribution in [0.3, 0.4) is 0 Å². The van der Waals surface area contributed by atoms with Gasteiger partial charge in [-0.3, -0.25) is 9.89 Å². The Bertz CT molecular complexity index is 587. The number of carbonyl (C=O) groups is 1. The summed E-state index contributed by atoms with van der Waals surface area (Å²) in [6, 6.07) is 5.10. The fourth-order valence-corrected chi connectivity index (χ4v) is 1.62. The molecule has 1 aromatic carbocycles. The highest BCUT2D eigenvalue weighted by Gasteiger charge is 2.13. The van der Waals surface area contributed by atoms with E-state index in [-0.39, 0.29) is 5.82 Å². The smallest absolute Gasteiger partial charge is 0.295 e. The molecule has 2 N–H and O–H groups in total. The Labute approximate surface area is 116 Å². The molecule has 2 aromatic rings. The summed E-state index contributed by atoms with van der Waals surface area (Å²) in [5.74, 6) is 1.55. The molecule has 0 radical (unpaired) electrons. The van der Waals surface area contributed by atoms with Crippen molar-refractivity contribution in [1.29, 1.82) is 0 Å². The summed E-state index contributed by atoms with van der Waals surface area (Å²) in [7, 11) is 3.09. The second-order valence-corrected chi connectivity index (χ2v) is 4.01. The van der Waals surface area contributed by atoms with Gasteiger partial charge in [0.05, 0.1) is 14.2 Å². The van der Waals surface area contributed by atoms with Crippen molar-refractivity contribution in [1.82, 2.24) is 15.2 Å². The third kappa shape index (κ3) is 3.05. The first-order valence-corrected chi connectivity index (χ1v) is 6.12. The number of carbonyl (C=O) groups excluding carboxylic acids is 1. The number of ether oxygens (including phenoxy) is 2. The summed E-state index contributed by atoms with van der Waals surface area (Å²) >= 11 is 0. The Kier molecular flexibility index (Phi) is 4.19. The molecule has 20 heavy (non-hydrogen) atoms. The van der Waals surface area contributed by atoms with Crippen LogP contribution in [-0.4, -0.2) is 35.3 Å². The molecule has 7 nitrogen and oxygen atoms in total. The monoisotopic (exact) mass is 276 g/mol. The van der Waals surface area contributed by atoms with Crippen LogP contribution in [0.4, 0.5) is 5.69 Å². The van der Waals surface area contributed by atoms with Gasteiger partial charge in [-0.1, -0.05) is 6.92 Å². The summed E-state index contributed by atoms with van der Waals surface area (Å²) in [6.45, 7) is 1.93. The maximum absolute atomic E-state index is 12.0. The lowest BCUT2D eigenvalue weighted by atomic mass is 10.2. The van der Waals surface area contributed by atoms with E-state index in [9.17, 15) is 4.79 Å². The first-order chi connectivity index (χ1) is 9.66. The highest BCUT2D eigenvalue weighted by Crippen LogP contribution is 2.25. The molecule has 0 unspecified atom stereocenters. The Morgan fingerprint density at radius 2 is 1.90 bits per heavy atom. The van der Waals surface area contributed by atoms with Gasteiger partial charge in [0.15, 0.2) is 0 Å². The van der Waals surface area contributed by atoms with Crippen molar-refractivity contribution in [2.24, 2.45) is 0 Å². The molecule has 0 spiro atoms. The molecule has 0 saturated carbocycles. The molecule has 0 bridgehead atoms. The maximum atomic E-state index is 12.0. The SMILES string of the molecule is CCc1nc(C(=O)Nc2cc(OC)cc(OC)c2)n[nH]1. The fraction of sp³-hybridized carbons (Fsp3) is 0.308. The summed E-state index contributed by atoms with van der Waals surface area (Å²) in [6.07, 6.45) is 0.688. The van der Waals surface area contributed by atoms with Crippen molar-refractivity contribution in [2.75, 3.05) is 19.5 Å². The van der Waals surface area contributed by atoms with E-state index in [1.165, 1.54) is 0 Å². The van der Waals surface area contributed by atoms with Gasteiger partial charge in [-0.05, 0) is 0 Å². The van der Waals surface area contributed by atoms with E-state index < -0.39 is 5.91 Å². The Hall–Kier alpha value is -2.57. The predicted molar refractivity (Wildman–Crippen MR) is 73.3 cm³/mol. The number of nitrogens with zero attached hydrogens (tertiary/aromatic N) is 2.